The van der Waals surface area contributed by atoms with Gasteiger partial charge in [0, 0.05) is 18.2 Å². The van der Waals surface area contributed by atoms with Crippen molar-refractivity contribution in [2.24, 2.45) is 5.84 Å². The molecule has 20 heavy (non-hydrogen) atoms. The van der Waals surface area contributed by atoms with Gasteiger partial charge in [-0.05, 0) is 26.2 Å². The molecule has 0 aliphatic heterocycles. The van der Waals surface area contributed by atoms with Gasteiger partial charge in [-0.15, -0.1) is 0 Å². The van der Waals surface area contributed by atoms with Crippen LogP contribution in [0, 0.1) is 0 Å². The molecule has 1 aromatic heterocycles. The summed E-state index contributed by atoms with van der Waals surface area (Å²) in [5, 5.41) is 0. The molecule has 112 valence electrons. The second-order valence-corrected chi connectivity index (χ2v) is 5.50. The molecule has 2 rings (SSSR count). The van der Waals surface area contributed by atoms with Gasteiger partial charge in [0.15, 0.2) is 0 Å². The second-order valence-electron chi connectivity index (χ2n) is 5.50. The molecule has 1 aromatic rings. The molecule has 1 fully saturated rings. The highest BCUT2D eigenvalue weighted by molar-refractivity contribution is 5.58. The minimum atomic E-state index is 0.616. The fourth-order valence-corrected chi connectivity index (χ4v) is 3.23. The first-order valence-electron chi connectivity index (χ1n) is 7.88. The van der Waals surface area contributed by atoms with E-state index in [1.165, 1.54) is 32.1 Å². The summed E-state index contributed by atoms with van der Waals surface area (Å²) in [7, 11) is 0. The van der Waals surface area contributed by atoms with Crippen molar-refractivity contribution < 1.29 is 0 Å². The van der Waals surface area contributed by atoms with E-state index in [4.69, 9.17) is 5.84 Å². The Bertz CT molecular complexity index is 415. The summed E-state index contributed by atoms with van der Waals surface area (Å²) in [4.78, 5) is 11.3. The first-order valence-corrected chi connectivity index (χ1v) is 7.88. The summed E-state index contributed by atoms with van der Waals surface area (Å²) >= 11 is 0. The highest BCUT2D eigenvalue weighted by Gasteiger charge is 2.24. The van der Waals surface area contributed by atoms with Crippen LogP contribution in [0.2, 0.25) is 0 Å². The smallest absolute Gasteiger partial charge is 0.148 e. The van der Waals surface area contributed by atoms with Crippen LogP contribution >= 0.6 is 0 Å². The molecule has 0 radical (unpaired) electrons. The topological polar surface area (TPSA) is 67.1 Å². The molecule has 0 amide bonds. The van der Waals surface area contributed by atoms with Crippen LogP contribution in [-0.2, 0) is 6.42 Å². The number of nitrogens with one attached hydrogen (secondary N) is 1. The zero-order valence-electron chi connectivity index (χ0n) is 12.7. The molecule has 5 nitrogen and oxygen atoms in total. The Hall–Kier alpha value is -1.36. The van der Waals surface area contributed by atoms with Gasteiger partial charge < -0.3 is 10.3 Å². The fourth-order valence-electron chi connectivity index (χ4n) is 3.23. The third-order valence-electron chi connectivity index (χ3n) is 4.19. The molecule has 1 aliphatic carbocycles. The lowest BCUT2D eigenvalue weighted by Gasteiger charge is -2.35. The standard InChI is InChI=1S/C15H27N5/c1-3-8-13-14(19-16)17-11-18-15(13)20(4-2)12-9-6-5-7-10-12/h11-12H,3-10,16H2,1-2H3,(H,17,18,19). The van der Waals surface area contributed by atoms with E-state index in [2.05, 4.69) is 34.1 Å². The molecule has 1 aliphatic rings. The minimum Gasteiger partial charge on any atom is -0.354 e. The number of nitrogens with zero attached hydrogens (tertiary/aromatic N) is 3. The van der Waals surface area contributed by atoms with E-state index in [0.29, 0.717) is 6.04 Å². The fraction of sp³-hybridized carbons (Fsp3) is 0.733. The Labute approximate surface area is 121 Å². The summed E-state index contributed by atoms with van der Waals surface area (Å²) in [6.45, 7) is 5.37. The number of anilines is 2. The molecule has 0 saturated heterocycles. The van der Waals surface area contributed by atoms with Crippen LogP contribution in [0.25, 0.3) is 0 Å². The van der Waals surface area contributed by atoms with E-state index in [9.17, 15) is 0 Å². The largest absolute Gasteiger partial charge is 0.354 e. The maximum absolute atomic E-state index is 5.61. The number of nitrogen functional groups attached to an aromatic ring is 1. The van der Waals surface area contributed by atoms with E-state index < -0.39 is 0 Å². The highest BCUT2D eigenvalue weighted by atomic mass is 15.3. The van der Waals surface area contributed by atoms with Gasteiger partial charge in [0.25, 0.3) is 0 Å². The molecule has 0 spiro atoms. The maximum atomic E-state index is 5.61. The lowest BCUT2D eigenvalue weighted by molar-refractivity contribution is 0.415. The highest BCUT2D eigenvalue weighted by Crippen LogP contribution is 2.30. The van der Waals surface area contributed by atoms with Crippen LogP contribution in [0.15, 0.2) is 6.33 Å². The van der Waals surface area contributed by atoms with Gasteiger partial charge in [-0.2, -0.15) is 0 Å². The van der Waals surface area contributed by atoms with Crippen LogP contribution in [-0.4, -0.2) is 22.6 Å². The molecule has 0 bridgehead atoms. The van der Waals surface area contributed by atoms with Gasteiger partial charge >= 0.3 is 0 Å². The molecule has 5 heteroatoms. The van der Waals surface area contributed by atoms with Crippen molar-refractivity contribution >= 4 is 11.6 Å². The SMILES string of the molecule is CCCc1c(NN)ncnc1N(CC)C1CCCCC1. The third kappa shape index (κ3) is 3.20. The van der Waals surface area contributed by atoms with E-state index in [0.717, 1.165) is 36.6 Å². The lowest BCUT2D eigenvalue weighted by Crippen LogP contribution is -2.38. The quantitative estimate of drug-likeness (QED) is 0.618. The third-order valence-corrected chi connectivity index (χ3v) is 4.19. The molecular weight excluding hydrogens is 250 g/mol. The number of hydrogen-bond donors (Lipinski definition) is 2. The van der Waals surface area contributed by atoms with Gasteiger partial charge in [0.1, 0.15) is 18.0 Å². The van der Waals surface area contributed by atoms with Crippen LogP contribution in [0.1, 0.15) is 57.9 Å². The molecule has 3 N–H and O–H groups in total. The van der Waals surface area contributed by atoms with Gasteiger partial charge in [-0.25, -0.2) is 15.8 Å². The summed E-state index contributed by atoms with van der Waals surface area (Å²) in [6.07, 6.45) is 10.2. The average Bonchev–Trinajstić information content (AvgIpc) is 2.50. The molecular formula is C15H27N5. The first-order chi connectivity index (χ1) is 9.81. The van der Waals surface area contributed by atoms with Crippen LogP contribution in [0.4, 0.5) is 11.6 Å². The zero-order valence-corrected chi connectivity index (χ0v) is 12.7. The van der Waals surface area contributed by atoms with Gasteiger partial charge in [-0.3, -0.25) is 0 Å². The van der Waals surface area contributed by atoms with Gasteiger partial charge in [-0.1, -0.05) is 32.6 Å². The minimum absolute atomic E-state index is 0.616. The van der Waals surface area contributed by atoms with E-state index in [1.54, 1.807) is 6.33 Å². The maximum Gasteiger partial charge on any atom is 0.148 e. The van der Waals surface area contributed by atoms with Gasteiger partial charge in [0.2, 0.25) is 0 Å². The van der Waals surface area contributed by atoms with Crippen molar-refractivity contribution in [3.63, 3.8) is 0 Å². The van der Waals surface area contributed by atoms with Crippen LogP contribution in [0.3, 0.4) is 0 Å². The number of rotatable bonds is 6. The predicted octanol–water partition coefficient (Wildman–Crippen LogP) is 2.87. The Balaban J connectivity index is 2.32. The number of nitrogens with two attached hydrogens (primary N) is 1. The zero-order chi connectivity index (χ0) is 14.4. The van der Waals surface area contributed by atoms with E-state index in [1.807, 2.05) is 0 Å². The second kappa shape index (κ2) is 7.43. The molecule has 0 atom stereocenters. The number of hydrazine groups is 1. The Morgan fingerprint density at radius 1 is 1.25 bits per heavy atom. The average molecular weight is 277 g/mol. The number of hydrogen-bond acceptors (Lipinski definition) is 5. The summed E-state index contributed by atoms with van der Waals surface area (Å²) in [5.74, 6) is 7.45. The Morgan fingerprint density at radius 3 is 2.60 bits per heavy atom. The monoisotopic (exact) mass is 277 g/mol. The van der Waals surface area contributed by atoms with Crippen molar-refractivity contribution in [2.75, 3.05) is 16.9 Å². The molecule has 1 saturated carbocycles. The molecule has 0 aromatic carbocycles. The summed E-state index contributed by atoms with van der Waals surface area (Å²) in [6, 6.07) is 0.616. The van der Waals surface area contributed by atoms with Crippen molar-refractivity contribution in [1.29, 1.82) is 0 Å². The predicted molar refractivity (Wildman–Crippen MR) is 83.7 cm³/mol. The van der Waals surface area contributed by atoms with Crippen molar-refractivity contribution in [2.45, 2.75) is 64.8 Å². The normalized spacial score (nSPS) is 16.1. The van der Waals surface area contributed by atoms with Crippen LogP contribution < -0.4 is 16.2 Å². The van der Waals surface area contributed by atoms with Crippen molar-refractivity contribution in [3.8, 4) is 0 Å². The van der Waals surface area contributed by atoms with Crippen molar-refractivity contribution in [3.05, 3.63) is 11.9 Å². The number of aromatic nitrogens is 2. The van der Waals surface area contributed by atoms with Gasteiger partial charge in [0.05, 0.1) is 0 Å². The van der Waals surface area contributed by atoms with E-state index >= 15 is 0 Å². The lowest BCUT2D eigenvalue weighted by atomic mass is 9.93. The van der Waals surface area contributed by atoms with E-state index in [-0.39, 0.29) is 0 Å². The summed E-state index contributed by atoms with van der Waals surface area (Å²) < 4.78 is 0. The Kier molecular flexibility index (Phi) is 5.59. The Morgan fingerprint density at radius 2 is 2.00 bits per heavy atom. The molecule has 1 heterocycles. The first kappa shape index (κ1) is 15.0. The van der Waals surface area contributed by atoms with Crippen molar-refractivity contribution in [1.82, 2.24) is 9.97 Å². The molecule has 0 unspecified atom stereocenters. The van der Waals surface area contributed by atoms with Crippen LogP contribution in [0.5, 0.6) is 0 Å². The summed E-state index contributed by atoms with van der Waals surface area (Å²) in [5.41, 5.74) is 3.88.